The second-order valence-electron chi connectivity index (χ2n) is 5.43. The van der Waals surface area contributed by atoms with Gasteiger partial charge in [0.2, 0.25) is 0 Å². The molecule has 0 unspecified atom stereocenters. The van der Waals surface area contributed by atoms with Crippen LogP contribution in [0.4, 0.5) is 0 Å². The molecule has 4 heteroatoms. The van der Waals surface area contributed by atoms with E-state index < -0.39 is 0 Å². The zero-order chi connectivity index (χ0) is 15.9. The quantitative estimate of drug-likeness (QED) is 0.892. The van der Waals surface area contributed by atoms with Crippen LogP contribution in [0, 0.1) is 0 Å². The van der Waals surface area contributed by atoms with E-state index >= 15 is 0 Å². The van der Waals surface area contributed by atoms with E-state index in [9.17, 15) is 0 Å². The molecule has 0 fully saturated rings. The minimum atomic E-state index is 0.602. The molecule has 1 N–H and O–H groups in total. The largest absolute Gasteiger partial charge is 0.493 e. The summed E-state index contributed by atoms with van der Waals surface area (Å²) >= 11 is 0. The Balaban J connectivity index is 1.77. The maximum atomic E-state index is 6.07. The van der Waals surface area contributed by atoms with E-state index in [1.807, 2.05) is 36.4 Å². The average Bonchev–Trinajstić information content (AvgIpc) is 2.63. The highest BCUT2D eigenvalue weighted by molar-refractivity contribution is 6.02. The summed E-state index contributed by atoms with van der Waals surface area (Å²) in [6.45, 7) is 2.40. The highest BCUT2D eigenvalue weighted by Gasteiger charge is 2.16. The maximum Gasteiger partial charge on any atom is 0.172 e. The lowest BCUT2D eigenvalue weighted by Gasteiger charge is -2.19. The third-order valence-electron chi connectivity index (χ3n) is 3.83. The van der Waals surface area contributed by atoms with Crippen LogP contribution in [-0.2, 0) is 6.42 Å². The van der Waals surface area contributed by atoms with E-state index in [1.165, 1.54) is 5.56 Å². The summed E-state index contributed by atoms with van der Waals surface area (Å²) < 4.78 is 11.5. The first-order chi connectivity index (χ1) is 11.4. The Morgan fingerprint density at radius 3 is 2.70 bits per heavy atom. The number of nitrogens with zero attached hydrogens (tertiary/aromatic N) is 1. The molecule has 0 atom stereocenters. The third kappa shape index (κ3) is 3.83. The summed E-state index contributed by atoms with van der Waals surface area (Å²) in [6, 6.07) is 16.3. The van der Waals surface area contributed by atoms with Crippen molar-refractivity contribution in [2.24, 2.45) is 4.99 Å². The molecule has 2 aromatic carbocycles. The number of aliphatic imine (C=N–C) groups is 1. The standard InChI is InChI=1S/C19H22N2O2/c1-22-17-10-5-9-16(19-20-12-6-13-21-19)18(17)23-14-11-15-7-3-2-4-8-15/h2-5,7-10H,6,11-14H2,1H3,(H,20,21). The van der Waals surface area contributed by atoms with Gasteiger partial charge in [0, 0.05) is 19.5 Å². The Hall–Kier alpha value is -2.49. The minimum Gasteiger partial charge on any atom is -0.493 e. The highest BCUT2D eigenvalue weighted by Crippen LogP contribution is 2.31. The van der Waals surface area contributed by atoms with Crippen LogP contribution in [0.3, 0.4) is 0 Å². The predicted molar refractivity (Wildman–Crippen MR) is 92.7 cm³/mol. The fourth-order valence-corrected chi connectivity index (χ4v) is 2.64. The van der Waals surface area contributed by atoms with Crippen molar-refractivity contribution in [2.45, 2.75) is 12.8 Å². The number of hydrogen-bond donors (Lipinski definition) is 1. The molecule has 4 nitrogen and oxygen atoms in total. The second kappa shape index (κ2) is 7.68. The van der Waals surface area contributed by atoms with Gasteiger partial charge in [-0.2, -0.15) is 0 Å². The van der Waals surface area contributed by atoms with Crippen molar-refractivity contribution in [1.29, 1.82) is 0 Å². The van der Waals surface area contributed by atoms with Gasteiger partial charge in [-0.15, -0.1) is 0 Å². The molecule has 1 heterocycles. The summed E-state index contributed by atoms with van der Waals surface area (Å²) in [7, 11) is 1.67. The van der Waals surface area contributed by atoms with E-state index in [-0.39, 0.29) is 0 Å². The number of methoxy groups -OCH3 is 1. The first-order valence-corrected chi connectivity index (χ1v) is 8.01. The minimum absolute atomic E-state index is 0.602. The monoisotopic (exact) mass is 310 g/mol. The summed E-state index contributed by atoms with van der Waals surface area (Å²) in [5.74, 6) is 2.40. The van der Waals surface area contributed by atoms with Gasteiger partial charge < -0.3 is 14.8 Å². The Morgan fingerprint density at radius 1 is 1.09 bits per heavy atom. The fraction of sp³-hybridized carbons (Fsp3) is 0.316. The highest BCUT2D eigenvalue weighted by atomic mass is 16.5. The average molecular weight is 310 g/mol. The Kier molecular flexibility index (Phi) is 5.14. The van der Waals surface area contributed by atoms with Gasteiger partial charge in [0.25, 0.3) is 0 Å². The lowest BCUT2D eigenvalue weighted by molar-refractivity contribution is 0.297. The topological polar surface area (TPSA) is 42.8 Å². The Bertz CT molecular complexity index is 668. The Morgan fingerprint density at radius 2 is 1.96 bits per heavy atom. The van der Waals surface area contributed by atoms with Crippen molar-refractivity contribution in [3.05, 3.63) is 59.7 Å². The molecule has 0 aliphatic carbocycles. The molecule has 1 aliphatic heterocycles. The van der Waals surface area contributed by atoms with Crippen LogP contribution in [0.2, 0.25) is 0 Å². The van der Waals surface area contributed by atoms with E-state index in [4.69, 9.17) is 9.47 Å². The van der Waals surface area contributed by atoms with Crippen molar-refractivity contribution in [1.82, 2.24) is 5.32 Å². The molecule has 3 rings (SSSR count). The molecule has 0 aromatic heterocycles. The summed E-state index contributed by atoms with van der Waals surface area (Å²) in [6.07, 6.45) is 1.93. The summed E-state index contributed by atoms with van der Waals surface area (Å²) in [4.78, 5) is 4.57. The molecule has 0 saturated heterocycles. The van der Waals surface area contributed by atoms with Crippen molar-refractivity contribution >= 4 is 5.84 Å². The number of nitrogens with one attached hydrogen (secondary N) is 1. The van der Waals surface area contributed by atoms with Crippen molar-refractivity contribution in [3.63, 3.8) is 0 Å². The van der Waals surface area contributed by atoms with Crippen LogP contribution in [0.1, 0.15) is 17.5 Å². The number of ether oxygens (including phenoxy) is 2. The zero-order valence-corrected chi connectivity index (χ0v) is 13.4. The molecule has 0 spiro atoms. The molecule has 1 aliphatic rings. The van der Waals surface area contributed by atoms with Gasteiger partial charge in [-0.05, 0) is 24.1 Å². The number of hydrogen-bond acceptors (Lipinski definition) is 4. The van der Waals surface area contributed by atoms with Crippen molar-refractivity contribution in [3.8, 4) is 11.5 Å². The molecule has 2 aromatic rings. The number of benzene rings is 2. The van der Waals surface area contributed by atoms with Crippen LogP contribution in [0.25, 0.3) is 0 Å². The molecule has 0 bridgehead atoms. The van der Waals surface area contributed by atoms with Gasteiger partial charge in [-0.1, -0.05) is 36.4 Å². The maximum absolute atomic E-state index is 6.07. The molecule has 23 heavy (non-hydrogen) atoms. The summed E-state index contributed by atoms with van der Waals surface area (Å²) in [5, 5.41) is 3.35. The summed E-state index contributed by atoms with van der Waals surface area (Å²) in [5.41, 5.74) is 2.23. The van der Waals surface area contributed by atoms with Gasteiger partial charge in [0.15, 0.2) is 11.5 Å². The zero-order valence-electron chi connectivity index (χ0n) is 13.4. The van der Waals surface area contributed by atoms with Crippen molar-refractivity contribution < 1.29 is 9.47 Å². The first kappa shape index (κ1) is 15.4. The van der Waals surface area contributed by atoms with Gasteiger partial charge in [-0.25, -0.2) is 0 Å². The van der Waals surface area contributed by atoms with Gasteiger partial charge in [0.05, 0.1) is 19.3 Å². The SMILES string of the molecule is COc1cccc(C2=NCCCN2)c1OCCc1ccccc1. The van der Waals surface area contributed by atoms with Crippen LogP contribution >= 0.6 is 0 Å². The van der Waals surface area contributed by atoms with Crippen LogP contribution in [0.5, 0.6) is 11.5 Å². The van der Waals surface area contributed by atoms with Crippen LogP contribution in [0.15, 0.2) is 53.5 Å². The fourth-order valence-electron chi connectivity index (χ4n) is 2.64. The van der Waals surface area contributed by atoms with Crippen LogP contribution in [-0.4, -0.2) is 32.6 Å². The van der Waals surface area contributed by atoms with E-state index in [2.05, 4.69) is 22.4 Å². The van der Waals surface area contributed by atoms with Crippen molar-refractivity contribution in [2.75, 3.05) is 26.8 Å². The van der Waals surface area contributed by atoms with Crippen LogP contribution < -0.4 is 14.8 Å². The normalized spacial score (nSPS) is 13.9. The number of amidine groups is 1. The number of para-hydroxylation sites is 1. The lowest BCUT2D eigenvalue weighted by Crippen LogP contribution is -2.30. The Labute approximate surface area is 137 Å². The van der Waals surface area contributed by atoms with Gasteiger partial charge in [0.1, 0.15) is 5.84 Å². The van der Waals surface area contributed by atoms with E-state index in [1.54, 1.807) is 7.11 Å². The molecular weight excluding hydrogens is 288 g/mol. The van der Waals surface area contributed by atoms with Gasteiger partial charge >= 0.3 is 0 Å². The molecular formula is C19H22N2O2. The predicted octanol–water partition coefficient (Wildman–Crippen LogP) is 3.06. The van der Waals surface area contributed by atoms with E-state index in [0.717, 1.165) is 48.8 Å². The van der Waals surface area contributed by atoms with E-state index in [0.29, 0.717) is 6.61 Å². The molecule has 0 saturated carbocycles. The van der Waals surface area contributed by atoms with Gasteiger partial charge in [-0.3, -0.25) is 4.99 Å². The molecule has 0 radical (unpaired) electrons. The molecule has 120 valence electrons. The second-order valence-corrected chi connectivity index (χ2v) is 5.43. The number of rotatable bonds is 6. The third-order valence-corrected chi connectivity index (χ3v) is 3.83. The smallest absolute Gasteiger partial charge is 0.172 e. The first-order valence-electron chi connectivity index (χ1n) is 8.01. The molecule has 0 amide bonds. The lowest BCUT2D eigenvalue weighted by atomic mass is 10.1.